The van der Waals surface area contributed by atoms with Crippen LogP contribution in [0.25, 0.3) is 17.2 Å². The van der Waals surface area contributed by atoms with E-state index in [0.717, 1.165) is 65.8 Å². The molecule has 3 aromatic carbocycles. The van der Waals surface area contributed by atoms with Crippen LogP contribution in [-0.2, 0) is 22.3 Å². The van der Waals surface area contributed by atoms with Gasteiger partial charge in [0.2, 0.25) is 18.6 Å². The number of aromatic nitrogens is 1. The summed E-state index contributed by atoms with van der Waals surface area (Å²) in [6.07, 6.45) is 6.13. The van der Waals surface area contributed by atoms with Crippen LogP contribution in [0.4, 0.5) is 18.9 Å². The Morgan fingerprint density at radius 2 is 1.68 bits per heavy atom. The molecule has 0 atom stereocenters. The first-order valence-electron chi connectivity index (χ1n) is 14.5. The Bertz CT molecular complexity index is 1890. The second kappa shape index (κ2) is 14.8. The molecular weight excluding hydrogens is 662 g/mol. The molecule has 0 radical (unpaired) electrons. The Hall–Kier alpha value is -4.68. The monoisotopic (exact) mass is 689 g/mol. The molecule has 2 aliphatic rings. The van der Waals surface area contributed by atoms with Gasteiger partial charge >= 0.3 is 11.9 Å². The first-order chi connectivity index (χ1) is 22.5. The quantitative estimate of drug-likeness (QED) is 0.166. The van der Waals surface area contributed by atoms with Gasteiger partial charge in [-0.1, -0.05) is 47.5 Å². The standard InChI is InChI=1S/C17H19NO3.C16H9Cl2F3N2O3/c19-17(18-10-4-1-5-11-18)7-3-2-6-14-8-9-15-16(12-14)21-13-20-15;17-9-2-4-12-13(6-9)26-15(25)23(12)7-14(24)22-11-5-8(16(19,20)21)1-3-10(11)18/h2-3,6-9,12H,1,4-5,10-11,13H2;1-6H,7H2,(H,22,24). The predicted molar refractivity (Wildman–Crippen MR) is 172 cm³/mol. The van der Waals surface area contributed by atoms with Crippen molar-refractivity contribution in [3.8, 4) is 11.5 Å². The van der Waals surface area contributed by atoms with E-state index in [1.165, 1.54) is 24.6 Å². The molecule has 0 unspecified atom stereocenters. The molecule has 9 nitrogen and oxygen atoms in total. The highest BCUT2D eigenvalue weighted by atomic mass is 35.5. The molecule has 0 aliphatic carbocycles. The fourth-order valence-electron chi connectivity index (χ4n) is 4.86. The molecule has 1 fully saturated rings. The van der Waals surface area contributed by atoms with Gasteiger partial charge in [-0.2, -0.15) is 13.2 Å². The van der Waals surface area contributed by atoms with Crippen LogP contribution < -0.4 is 20.5 Å². The fourth-order valence-corrected chi connectivity index (χ4v) is 5.19. The van der Waals surface area contributed by atoms with E-state index in [2.05, 4.69) is 5.32 Å². The number of fused-ring (bicyclic) bond motifs is 2. The van der Waals surface area contributed by atoms with Gasteiger partial charge in [-0.3, -0.25) is 14.2 Å². The molecule has 14 heteroatoms. The number of halogens is 5. The summed E-state index contributed by atoms with van der Waals surface area (Å²) < 4.78 is 54.9. The number of rotatable bonds is 6. The summed E-state index contributed by atoms with van der Waals surface area (Å²) >= 11 is 11.6. The number of amides is 2. The number of nitrogens with zero attached hydrogens (tertiary/aromatic N) is 2. The molecule has 2 amide bonds. The predicted octanol–water partition coefficient (Wildman–Crippen LogP) is 7.56. The number of anilines is 1. The molecule has 4 aromatic rings. The van der Waals surface area contributed by atoms with E-state index in [1.54, 1.807) is 12.2 Å². The average Bonchev–Trinajstić information content (AvgIpc) is 3.63. The molecule has 246 valence electrons. The maximum Gasteiger partial charge on any atom is 0.420 e. The number of piperidine rings is 1. The van der Waals surface area contributed by atoms with Crippen molar-refractivity contribution in [2.45, 2.75) is 32.0 Å². The topological polar surface area (TPSA) is 103 Å². The van der Waals surface area contributed by atoms with Crippen molar-refractivity contribution in [2.24, 2.45) is 0 Å². The lowest BCUT2D eigenvalue weighted by molar-refractivity contribution is -0.137. The van der Waals surface area contributed by atoms with Gasteiger partial charge < -0.3 is 24.1 Å². The molecule has 0 saturated carbocycles. The van der Waals surface area contributed by atoms with Gasteiger partial charge in [0.25, 0.3) is 0 Å². The first-order valence-corrected chi connectivity index (χ1v) is 15.2. The zero-order chi connectivity index (χ0) is 33.6. The largest absolute Gasteiger partial charge is 0.454 e. The lowest BCUT2D eigenvalue weighted by Crippen LogP contribution is -2.34. The number of hydrogen-bond acceptors (Lipinski definition) is 6. The summed E-state index contributed by atoms with van der Waals surface area (Å²) in [6, 6.07) is 12.8. The van der Waals surface area contributed by atoms with Crippen molar-refractivity contribution >= 4 is 57.9 Å². The highest BCUT2D eigenvalue weighted by molar-refractivity contribution is 6.33. The Morgan fingerprint density at radius 1 is 0.915 bits per heavy atom. The third kappa shape index (κ3) is 8.78. The molecule has 6 rings (SSSR count). The van der Waals surface area contributed by atoms with Crippen molar-refractivity contribution < 1.29 is 36.7 Å². The molecular formula is C33H28Cl2F3N3O6. The van der Waals surface area contributed by atoms with Crippen LogP contribution in [0, 0.1) is 0 Å². The number of benzene rings is 3. The van der Waals surface area contributed by atoms with Gasteiger partial charge in [0.1, 0.15) is 6.54 Å². The molecule has 47 heavy (non-hydrogen) atoms. The molecule has 0 bridgehead atoms. The highest BCUT2D eigenvalue weighted by Crippen LogP contribution is 2.34. The number of carbonyl (C=O) groups excluding carboxylic acids is 2. The van der Waals surface area contributed by atoms with Gasteiger partial charge in [0.05, 0.1) is 21.8 Å². The molecule has 0 spiro atoms. The van der Waals surface area contributed by atoms with Crippen molar-refractivity contribution in [3.05, 3.63) is 105 Å². The summed E-state index contributed by atoms with van der Waals surface area (Å²) in [5.74, 6) is 0.108. The van der Waals surface area contributed by atoms with E-state index < -0.39 is 29.9 Å². The zero-order valence-corrected chi connectivity index (χ0v) is 26.2. The number of carbonyl (C=O) groups is 2. The normalized spacial score (nSPS) is 14.4. The lowest BCUT2D eigenvalue weighted by Gasteiger charge is -2.25. The average molecular weight is 691 g/mol. The van der Waals surface area contributed by atoms with Gasteiger partial charge in [-0.15, -0.1) is 0 Å². The molecule has 3 heterocycles. The van der Waals surface area contributed by atoms with E-state index in [4.69, 9.17) is 37.1 Å². The number of nitrogens with one attached hydrogen (secondary N) is 1. The highest BCUT2D eigenvalue weighted by Gasteiger charge is 2.31. The van der Waals surface area contributed by atoms with E-state index in [0.29, 0.717) is 10.5 Å². The summed E-state index contributed by atoms with van der Waals surface area (Å²) in [5, 5.41) is 2.54. The van der Waals surface area contributed by atoms with E-state index in [-0.39, 0.29) is 29.0 Å². The Labute approximate surface area is 276 Å². The maximum absolute atomic E-state index is 12.8. The summed E-state index contributed by atoms with van der Waals surface area (Å²) in [7, 11) is 0. The smallest absolute Gasteiger partial charge is 0.420 e. The van der Waals surface area contributed by atoms with Crippen LogP contribution in [-0.4, -0.2) is 41.2 Å². The molecule has 1 N–H and O–H groups in total. The van der Waals surface area contributed by atoms with Crippen LogP contribution in [0.3, 0.4) is 0 Å². The lowest BCUT2D eigenvalue weighted by atomic mass is 10.1. The van der Waals surface area contributed by atoms with E-state index in [1.807, 2.05) is 35.3 Å². The summed E-state index contributed by atoms with van der Waals surface area (Å²) in [5.41, 5.74) is 0.361. The van der Waals surface area contributed by atoms with Crippen LogP contribution in [0.15, 0.2) is 82.0 Å². The minimum absolute atomic E-state index is 0.0671. The zero-order valence-electron chi connectivity index (χ0n) is 24.7. The number of alkyl halides is 3. The third-order valence-corrected chi connectivity index (χ3v) is 7.77. The van der Waals surface area contributed by atoms with E-state index >= 15 is 0 Å². The van der Waals surface area contributed by atoms with Gasteiger partial charge in [-0.05, 0) is 67.3 Å². The first kappa shape index (κ1) is 33.7. The third-order valence-electron chi connectivity index (χ3n) is 7.20. The Kier molecular flexibility index (Phi) is 10.6. The number of likely N-dealkylation sites (tertiary alicyclic amines) is 1. The van der Waals surface area contributed by atoms with Gasteiger partial charge in [-0.25, -0.2) is 4.79 Å². The number of allylic oxidation sites excluding steroid dienone is 2. The molecule has 1 saturated heterocycles. The van der Waals surface area contributed by atoms with Crippen LogP contribution in [0.2, 0.25) is 10.0 Å². The van der Waals surface area contributed by atoms with Crippen LogP contribution >= 0.6 is 23.2 Å². The SMILES string of the molecule is O=C(C=CC=Cc1ccc2c(c1)OCO2)N1CCCCC1.O=C(Cn1c(=O)oc2cc(Cl)ccc21)Nc1cc(C(F)(F)F)ccc1Cl. The van der Waals surface area contributed by atoms with Gasteiger partial charge in [0.15, 0.2) is 17.1 Å². The molecule has 2 aliphatic heterocycles. The maximum atomic E-state index is 12.8. The van der Waals surface area contributed by atoms with Crippen molar-refractivity contribution in [2.75, 3.05) is 25.2 Å². The fraction of sp³-hybridized carbons (Fsp3) is 0.242. The Morgan fingerprint density at radius 3 is 2.45 bits per heavy atom. The van der Waals surface area contributed by atoms with E-state index in [9.17, 15) is 27.6 Å². The Balaban J connectivity index is 0.000000189. The number of ether oxygens (including phenoxy) is 2. The number of hydrogen-bond donors (Lipinski definition) is 1. The second-order valence-corrected chi connectivity index (χ2v) is 11.4. The summed E-state index contributed by atoms with van der Waals surface area (Å²) in [6.45, 7) is 1.58. The van der Waals surface area contributed by atoms with Gasteiger partial charge in [0, 0.05) is 30.3 Å². The van der Waals surface area contributed by atoms with Crippen molar-refractivity contribution in [3.63, 3.8) is 0 Å². The molecule has 1 aromatic heterocycles. The second-order valence-electron chi connectivity index (χ2n) is 10.5. The minimum Gasteiger partial charge on any atom is -0.454 e. The van der Waals surface area contributed by atoms with Crippen LogP contribution in [0.5, 0.6) is 11.5 Å². The van der Waals surface area contributed by atoms with Crippen molar-refractivity contribution in [1.82, 2.24) is 9.47 Å². The van der Waals surface area contributed by atoms with Crippen LogP contribution in [0.1, 0.15) is 30.4 Å². The summed E-state index contributed by atoms with van der Waals surface area (Å²) in [4.78, 5) is 37.9. The number of oxazole rings is 1. The van der Waals surface area contributed by atoms with Crippen molar-refractivity contribution in [1.29, 1.82) is 0 Å². The minimum atomic E-state index is -4.58.